The molecule has 266 valence electrons. The Kier molecular flexibility index (Phi) is 14.4. The summed E-state index contributed by atoms with van der Waals surface area (Å²) in [6.07, 6.45) is 1.30. The van der Waals surface area contributed by atoms with Gasteiger partial charge in [0, 0.05) is 15.8 Å². The van der Waals surface area contributed by atoms with E-state index in [2.05, 4.69) is 55.4 Å². The van der Waals surface area contributed by atoms with Crippen molar-refractivity contribution < 1.29 is 28.7 Å². The minimum atomic E-state index is -0.613. The van der Waals surface area contributed by atoms with Crippen LogP contribution in [0, 0.1) is 0 Å². The van der Waals surface area contributed by atoms with E-state index in [0.717, 1.165) is 38.1 Å². The van der Waals surface area contributed by atoms with Crippen molar-refractivity contribution in [2.75, 3.05) is 10.6 Å². The Balaban J connectivity index is 0.000000334. The normalized spacial score (nSPS) is 16.8. The molecular weight excluding hydrogens is 688 g/mol. The number of nitrogens with one attached hydrogen (secondary N) is 4. The lowest BCUT2D eigenvalue weighted by Crippen LogP contribution is -2.45. The Morgan fingerprint density at radius 3 is 1.59 bits per heavy atom. The van der Waals surface area contributed by atoms with Gasteiger partial charge in [-0.15, -0.1) is 0 Å². The van der Waals surface area contributed by atoms with E-state index in [4.69, 9.17) is 9.47 Å². The molecule has 2 aliphatic heterocycles. The third-order valence-corrected chi connectivity index (χ3v) is 7.71. The van der Waals surface area contributed by atoms with E-state index >= 15 is 0 Å². The fourth-order valence-electron chi connectivity index (χ4n) is 5.10. The van der Waals surface area contributed by atoms with Crippen LogP contribution in [-0.4, -0.2) is 47.3 Å². The zero-order valence-corrected chi connectivity index (χ0v) is 29.2. The number of fused-ring (bicyclic) bond motifs is 2. The fraction of sp³-hybridized carbons (Fsp3) is 0.421. The summed E-state index contributed by atoms with van der Waals surface area (Å²) in [5, 5.41) is 11.1. The summed E-state index contributed by atoms with van der Waals surface area (Å²) in [6.45, 7) is 10.7. The zero-order chi connectivity index (χ0) is 34.4. The van der Waals surface area contributed by atoms with Gasteiger partial charge in [0.2, 0.25) is 11.8 Å². The number of carbonyl (C=O) groups excluding carboxylic acids is 4. The van der Waals surface area contributed by atoms with E-state index in [0.29, 0.717) is 25.7 Å². The first-order chi connectivity index (χ1) is 22.1. The van der Waals surface area contributed by atoms with Crippen LogP contribution in [0.3, 0.4) is 0 Å². The molecular formula is C38H51BrN4O6. The molecule has 0 saturated carbocycles. The summed E-state index contributed by atoms with van der Waals surface area (Å²) >= 11 is 3.42. The lowest BCUT2D eigenvalue weighted by molar-refractivity contribution is -0.118. The molecule has 2 aliphatic rings. The third-order valence-electron chi connectivity index (χ3n) is 7.22. The topological polar surface area (TPSA) is 135 Å². The second kappa shape index (κ2) is 17.3. The second-order valence-electron chi connectivity index (χ2n) is 13.5. The van der Waals surface area contributed by atoms with Gasteiger partial charge in [-0.1, -0.05) is 67.2 Å². The largest absolute Gasteiger partial charge is 0.444 e. The smallest absolute Gasteiger partial charge is 0.408 e. The average Bonchev–Trinajstić information content (AvgIpc) is 3.22. The molecule has 0 fully saturated rings. The molecule has 5 rings (SSSR count). The molecule has 4 amide bonds. The number of aryl methyl sites for hydroxylation is 2. The Bertz CT molecular complexity index is 1610. The molecule has 0 radical (unpaired) electrons. The van der Waals surface area contributed by atoms with Crippen LogP contribution in [0.15, 0.2) is 71.2 Å². The standard InChI is InChI=1S/C21H24N2O3.C15H19BrN2O3.2CH4/c1-21(2,3)26-20(25)23-18-12-10-16-13-15(14-7-5-4-6-8-14)9-11-17(16)22-19(18)24;1-15(2,3)21-14(20)18-12-6-4-9-8-10(16)5-7-11(9)17-13(12)19;;/h4-9,11,13,18H,10,12H2,1-3H3,(H,22,24)(H,23,25);5,7-8,12H,4,6H2,1-3H3,(H,17,19)(H,18,20);2*1H4. The minimum Gasteiger partial charge on any atom is -0.444 e. The lowest BCUT2D eigenvalue weighted by Gasteiger charge is -2.22. The van der Waals surface area contributed by atoms with Crippen LogP contribution in [0.2, 0.25) is 0 Å². The van der Waals surface area contributed by atoms with Crippen molar-refractivity contribution in [2.24, 2.45) is 0 Å². The Labute approximate surface area is 299 Å². The Hall–Kier alpha value is -4.38. The number of anilines is 2. The van der Waals surface area contributed by atoms with Gasteiger partial charge in [0.25, 0.3) is 0 Å². The van der Waals surface area contributed by atoms with Crippen LogP contribution < -0.4 is 21.3 Å². The minimum absolute atomic E-state index is 0. The van der Waals surface area contributed by atoms with Crippen LogP contribution in [-0.2, 0) is 31.9 Å². The summed E-state index contributed by atoms with van der Waals surface area (Å²) in [4.78, 5) is 48.4. The quantitative estimate of drug-likeness (QED) is 0.213. The van der Waals surface area contributed by atoms with Crippen LogP contribution in [0.4, 0.5) is 21.0 Å². The number of halogens is 1. The summed E-state index contributed by atoms with van der Waals surface area (Å²) in [6, 6.07) is 20.6. The van der Waals surface area contributed by atoms with Crippen molar-refractivity contribution in [1.29, 1.82) is 0 Å². The number of hydrogen-bond acceptors (Lipinski definition) is 6. The summed E-state index contributed by atoms with van der Waals surface area (Å²) in [5.41, 5.74) is 4.75. The molecule has 10 nitrogen and oxygen atoms in total. The van der Waals surface area contributed by atoms with Gasteiger partial charge in [-0.3, -0.25) is 9.59 Å². The van der Waals surface area contributed by atoms with Gasteiger partial charge in [-0.25, -0.2) is 9.59 Å². The SMILES string of the molecule is C.C.CC(C)(C)OC(=O)NC1CCc2cc(-c3ccccc3)ccc2NC1=O.CC(C)(C)OC(=O)NC1CCc2cc(Br)ccc2NC1=O. The van der Waals surface area contributed by atoms with E-state index in [1.54, 1.807) is 41.5 Å². The van der Waals surface area contributed by atoms with Crippen molar-refractivity contribution in [3.05, 3.63) is 82.3 Å². The highest BCUT2D eigenvalue weighted by Gasteiger charge is 2.29. The highest BCUT2D eigenvalue weighted by Crippen LogP contribution is 2.29. The predicted molar refractivity (Wildman–Crippen MR) is 200 cm³/mol. The molecule has 0 bridgehead atoms. The fourth-order valence-corrected chi connectivity index (χ4v) is 5.51. The number of ether oxygens (including phenoxy) is 2. The van der Waals surface area contributed by atoms with Gasteiger partial charge in [0.15, 0.2) is 0 Å². The Morgan fingerprint density at radius 1 is 0.673 bits per heavy atom. The monoisotopic (exact) mass is 738 g/mol. The molecule has 3 aromatic rings. The first-order valence-corrected chi connectivity index (χ1v) is 16.4. The molecule has 0 saturated heterocycles. The third kappa shape index (κ3) is 12.5. The first-order valence-electron chi connectivity index (χ1n) is 15.6. The second-order valence-corrected chi connectivity index (χ2v) is 14.4. The number of hydrogen-bond donors (Lipinski definition) is 4. The van der Waals surface area contributed by atoms with Gasteiger partial charge < -0.3 is 30.7 Å². The van der Waals surface area contributed by atoms with Gasteiger partial charge in [-0.2, -0.15) is 0 Å². The van der Waals surface area contributed by atoms with Crippen molar-refractivity contribution >= 4 is 51.3 Å². The molecule has 2 atom stereocenters. The van der Waals surface area contributed by atoms with Gasteiger partial charge in [0.1, 0.15) is 23.3 Å². The van der Waals surface area contributed by atoms with E-state index in [9.17, 15) is 19.2 Å². The number of benzene rings is 3. The number of alkyl carbamates (subject to hydrolysis) is 2. The molecule has 0 aliphatic carbocycles. The molecule has 0 spiro atoms. The number of rotatable bonds is 3. The molecule has 3 aromatic carbocycles. The first kappa shape index (κ1) is 40.8. The maximum Gasteiger partial charge on any atom is 0.408 e. The van der Waals surface area contributed by atoms with Crippen LogP contribution in [0.1, 0.15) is 80.4 Å². The van der Waals surface area contributed by atoms with Gasteiger partial charge >= 0.3 is 12.2 Å². The molecule has 11 heteroatoms. The van der Waals surface area contributed by atoms with E-state index < -0.39 is 35.5 Å². The average molecular weight is 740 g/mol. The van der Waals surface area contributed by atoms with Crippen molar-refractivity contribution in [3.63, 3.8) is 0 Å². The maximum absolute atomic E-state index is 12.5. The lowest BCUT2D eigenvalue weighted by atomic mass is 9.99. The molecule has 2 heterocycles. The Morgan fingerprint density at radius 2 is 1.12 bits per heavy atom. The van der Waals surface area contributed by atoms with Crippen LogP contribution >= 0.6 is 15.9 Å². The summed E-state index contributed by atoms with van der Waals surface area (Å²) < 4.78 is 11.4. The molecule has 4 N–H and O–H groups in total. The van der Waals surface area contributed by atoms with E-state index in [1.165, 1.54) is 0 Å². The number of amides is 4. The highest BCUT2D eigenvalue weighted by molar-refractivity contribution is 9.10. The summed E-state index contributed by atoms with van der Waals surface area (Å²) in [7, 11) is 0. The maximum atomic E-state index is 12.5. The highest BCUT2D eigenvalue weighted by atomic mass is 79.9. The number of carbonyl (C=O) groups is 4. The van der Waals surface area contributed by atoms with Gasteiger partial charge in [-0.05, 0) is 120 Å². The molecule has 49 heavy (non-hydrogen) atoms. The van der Waals surface area contributed by atoms with E-state index in [1.807, 2.05) is 48.5 Å². The van der Waals surface area contributed by atoms with E-state index in [-0.39, 0.29) is 26.7 Å². The van der Waals surface area contributed by atoms with Gasteiger partial charge in [0.05, 0.1) is 0 Å². The zero-order valence-electron chi connectivity index (χ0n) is 27.7. The molecule has 0 aromatic heterocycles. The van der Waals surface area contributed by atoms with Crippen molar-refractivity contribution in [1.82, 2.24) is 10.6 Å². The summed E-state index contributed by atoms with van der Waals surface area (Å²) in [5.74, 6) is -0.441. The van der Waals surface area contributed by atoms with Crippen molar-refractivity contribution in [2.45, 2.75) is 105 Å². The van der Waals surface area contributed by atoms with Crippen LogP contribution in [0.25, 0.3) is 11.1 Å². The van der Waals surface area contributed by atoms with Crippen molar-refractivity contribution in [3.8, 4) is 11.1 Å². The molecule has 2 unspecified atom stereocenters. The van der Waals surface area contributed by atoms with Crippen LogP contribution in [0.5, 0.6) is 0 Å². The predicted octanol–water partition coefficient (Wildman–Crippen LogP) is 8.63.